The summed E-state index contributed by atoms with van der Waals surface area (Å²) in [6.07, 6.45) is 1.98. The number of benzene rings is 3. The van der Waals surface area contributed by atoms with E-state index in [4.69, 9.17) is 4.52 Å². The van der Waals surface area contributed by atoms with E-state index in [1.54, 1.807) is 6.07 Å². The molecular weight excluding hydrogens is 360 g/mol. The van der Waals surface area contributed by atoms with Gasteiger partial charge in [-0.15, -0.1) is 0 Å². The van der Waals surface area contributed by atoms with Crippen molar-refractivity contribution in [2.24, 2.45) is 0 Å². The number of rotatable bonds is 7. The number of hydrogen-bond donors (Lipinski definition) is 0. The normalized spacial score (nSPS) is 10.9. The van der Waals surface area contributed by atoms with E-state index < -0.39 is 0 Å². The van der Waals surface area contributed by atoms with Crippen LogP contribution in [0.15, 0.2) is 83.4 Å². The van der Waals surface area contributed by atoms with E-state index in [0.717, 1.165) is 29.4 Å². The molecule has 1 heterocycles. The van der Waals surface area contributed by atoms with Crippen molar-refractivity contribution in [2.75, 3.05) is 6.54 Å². The number of fused-ring (bicyclic) bond motifs is 1. The van der Waals surface area contributed by atoms with E-state index in [1.165, 1.54) is 5.39 Å². The Morgan fingerprint density at radius 3 is 2.48 bits per heavy atom. The Balaban J connectivity index is 1.57. The van der Waals surface area contributed by atoms with Crippen LogP contribution in [-0.4, -0.2) is 22.5 Å². The van der Waals surface area contributed by atoms with Gasteiger partial charge in [0.2, 0.25) is 0 Å². The van der Waals surface area contributed by atoms with E-state index >= 15 is 0 Å². The van der Waals surface area contributed by atoms with Gasteiger partial charge < -0.3 is 9.42 Å². The van der Waals surface area contributed by atoms with Gasteiger partial charge in [-0.25, -0.2) is 0 Å². The zero-order valence-electron chi connectivity index (χ0n) is 16.5. The molecule has 0 spiro atoms. The lowest BCUT2D eigenvalue weighted by Gasteiger charge is -2.21. The molecule has 0 N–H and O–H groups in total. The van der Waals surface area contributed by atoms with Crippen molar-refractivity contribution in [2.45, 2.75) is 26.3 Å². The molecule has 0 fully saturated rings. The molecule has 0 aliphatic heterocycles. The van der Waals surface area contributed by atoms with Crippen LogP contribution in [0.2, 0.25) is 0 Å². The quantitative estimate of drug-likeness (QED) is 0.396. The van der Waals surface area contributed by atoms with Gasteiger partial charge in [0.05, 0.1) is 0 Å². The second-order valence-electron chi connectivity index (χ2n) is 7.20. The van der Waals surface area contributed by atoms with Gasteiger partial charge in [-0.2, -0.15) is 0 Å². The van der Waals surface area contributed by atoms with Crippen LogP contribution < -0.4 is 0 Å². The van der Waals surface area contributed by atoms with Gasteiger partial charge in [0, 0.05) is 24.7 Å². The van der Waals surface area contributed by atoms with Gasteiger partial charge in [0.15, 0.2) is 11.5 Å². The maximum Gasteiger partial charge on any atom is 0.276 e. The van der Waals surface area contributed by atoms with Gasteiger partial charge in [0.25, 0.3) is 5.91 Å². The van der Waals surface area contributed by atoms with Crippen LogP contribution in [0.5, 0.6) is 0 Å². The summed E-state index contributed by atoms with van der Waals surface area (Å²) in [5, 5.41) is 6.37. The van der Waals surface area contributed by atoms with Crippen LogP contribution in [0.4, 0.5) is 0 Å². The van der Waals surface area contributed by atoms with E-state index in [9.17, 15) is 4.79 Å². The fraction of sp³-hybridized carbons (Fsp3) is 0.200. The Bertz CT molecular complexity index is 1100. The highest BCUT2D eigenvalue weighted by atomic mass is 16.5. The first-order valence-corrected chi connectivity index (χ1v) is 10.0. The topological polar surface area (TPSA) is 46.3 Å². The second-order valence-corrected chi connectivity index (χ2v) is 7.20. The van der Waals surface area contributed by atoms with Crippen molar-refractivity contribution < 1.29 is 9.32 Å². The minimum atomic E-state index is -0.0990. The van der Waals surface area contributed by atoms with Crippen LogP contribution in [0.25, 0.3) is 22.1 Å². The third kappa shape index (κ3) is 4.37. The van der Waals surface area contributed by atoms with Gasteiger partial charge in [-0.1, -0.05) is 85.2 Å². The van der Waals surface area contributed by atoms with E-state index in [2.05, 4.69) is 36.3 Å². The molecule has 0 aliphatic rings. The zero-order valence-corrected chi connectivity index (χ0v) is 16.5. The van der Waals surface area contributed by atoms with Crippen LogP contribution in [-0.2, 0) is 6.54 Å². The zero-order chi connectivity index (χ0) is 20.1. The predicted molar refractivity (Wildman–Crippen MR) is 116 cm³/mol. The van der Waals surface area contributed by atoms with Crippen LogP contribution >= 0.6 is 0 Å². The lowest BCUT2D eigenvalue weighted by Crippen LogP contribution is -2.31. The molecule has 1 amide bonds. The molecule has 0 bridgehead atoms. The average Bonchev–Trinajstić information content (AvgIpc) is 3.27. The predicted octanol–water partition coefficient (Wildman–Crippen LogP) is 5.94. The summed E-state index contributed by atoms with van der Waals surface area (Å²) in [5.41, 5.74) is 2.37. The maximum absolute atomic E-state index is 13.1. The van der Waals surface area contributed by atoms with Crippen LogP contribution in [0.3, 0.4) is 0 Å². The molecule has 0 radical (unpaired) electrons. The molecule has 4 nitrogen and oxygen atoms in total. The first-order valence-electron chi connectivity index (χ1n) is 10.0. The lowest BCUT2D eigenvalue weighted by molar-refractivity contribution is 0.0730. The van der Waals surface area contributed by atoms with E-state index in [0.29, 0.717) is 24.5 Å². The summed E-state index contributed by atoms with van der Waals surface area (Å²) in [6, 6.07) is 26.1. The number of nitrogens with zero attached hydrogens (tertiary/aromatic N) is 2. The van der Waals surface area contributed by atoms with Gasteiger partial charge in [-0.05, 0) is 28.8 Å². The summed E-state index contributed by atoms with van der Waals surface area (Å²) < 4.78 is 5.53. The number of aromatic nitrogens is 1. The summed E-state index contributed by atoms with van der Waals surface area (Å²) in [7, 11) is 0. The molecule has 29 heavy (non-hydrogen) atoms. The second kappa shape index (κ2) is 8.74. The molecule has 0 saturated heterocycles. The summed E-state index contributed by atoms with van der Waals surface area (Å²) >= 11 is 0. The minimum absolute atomic E-state index is 0.0990. The number of unbranched alkanes of at least 4 members (excludes halogenated alkanes) is 1. The highest BCUT2D eigenvalue weighted by Gasteiger charge is 2.20. The number of carbonyl (C=O) groups excluding carboxylic acids is 1. The third-order valence-corrected chi connectivity index (χ3v) is 5.05. The molecule has 4 aromatic rings. The number of hydrogen-bond acceptors (Lipinski definition) is 3. The van der Waals surface area contributed by atoms with E-state index in [-0.39, 0.29) is 5.91 Å². The summed E-state index contributed by atoms with van der Waals surface area (Å²) in [6.45, 7) is 3.39. The molecule has 0 unspecified atom stereocenters. The molecule has 0 atom stereocenters. The van der Waals surface area contributed by atoms with Gasteiger partial charge >= 0.3 is 0 Å². The summed E-state index contributed by atoms with van der Waals surface area (Å²) in [5.74, 6) is 0.507. The monoisotopic (exact) mass is 384 g/mol. The van der Waals surface area contributed by atoms with Crippen molar-refractivity contribution in [3.05, 3.63) is 90.1 Å². The number of carbonyl (C=O) groups is 1. The smallest absolute Gasteiger partial charge is 0.276 e. The molecule has 4 heteroatoms. The fourth-order valence-electron chi connectivity index (χ4n) is 3.42. The minimum Gasteiger partial charge on any atom is -0.355 e. The summed E-state index contributed by atoms with van der Waals surface area (Å²) in [4.78, 5) is 15.0. The Kier molecular flexibility index (Phi) is 5.71. The average molecular weight is 384 g/mol. The SMILES string of the molecule is CCCCN(Cc1ccccc1)C(=O)c1cc(-c2ccc3ccccc3c2)on1. The van der Waals surface area contributed by atoms with E-state index in [1.807, 2.05) is 53.4 Å². The Morgan fingerprint density at radius 1 is 0.931 bits per heavy atom. The van der Waals surface area contributed by atoms with Gasteiger partial charge in [-0.3, -0.25) is 4.79 Å². The Labute approximate surface area is 170 Å². The van der Waals surface area contributed by atoms with Crippen molar-refractivity contribution in [3.63, 3.8) is 0 Å². The highest BCUT2D eigenvalue weighted by molar-refractivity contribution is 5.93. The third-order valence-electron chi connectivity index (χ3n) is 5.05. The Hall–Kier alpha value is -3.40. The molecular formula is C25H24N2O2. The van der Waals surface area contributed by atoms with Crippen LogP contribution in [0, 0.1) is 0 Å². The first-order chi connectivity index (χ1) is 14.2. The molecule has 0 saturated carbocycles. The maximum atomic E-state index is 13.1. The Morgan fingerprint density at radius 2 is 1.69 bits per heavy atom. The number of amides is 1. The molecule has 0 aliphatic carbocycles. The molecule has 4 rings (SSSR count). The molecule has 1 aromatic heterocycles. The molecule has 3 aromatic carbocycles. The van der Waals surface area contributed by atoms with Crippen molar-refractivity contribution in [1.29, 1.82) is 0 Å². The largest absolute Gasteiger partial charge is 0.355 e. The first kappa shape index (κ1) is 18.9. The van der Waals surface area contributed by atoms with Gasteiger partial charge in [0.1, 0.15) is 0 Å². The standard InChI is InChI=1S/C25H24N2O2/c1-2-3-15-27(18-19-9-5-4-6-10-19)25(28)23-17-24(29-26-23)22-14-13-20-11-7-8-12-21(20)16-22/h4-14,16-17H,2-3,15,18H2,1H3. The lowest BCUT2D eigenvalue weighted by atomic mass is 10.1. The van der Waals surface area contributed by atoms with Crippen molar-refractivity contribution in [3.8, 4) is 11.3 Å². The molecule has 146 valence electrons. The van der Waals surface area contributed by atoms with Crippen LogP contribution in [0.1, 0.15) is 35.8 Å². The van der Waals surface area contributed by atoms with Crippen molar-refractivity contribution in [1.82, 2.24) is 10.1 Å². The highest BCUT2D eigenvalue weighted by Crippen LogP contribution is 2.25. The van der Waals surface area contributed by atoms with Crippen molar-refractivity contribution >= 4 is 16.7 Å². The fourth-order valence-corrected chi connectivity index (χ4v) is 3.42.